The number of aliphatic carboxylic acids is 2. The van der Waals surface area contributed by atoms with Crippen LogP contribution in [0.1, 0.15) is 49.1 Å². The summed E-state index contributed by atoms with van der Waals surface area (Å²) in [5.74, 6) is 0.311. The van der Waals surface area contributed by atoms with Crippen molar-refractivity contribution in [2.75, 3.05) is 33.3 Å². The number of hydrogen-bond donors (Lipinski definition) is 2. The molecule has 0 radical (unpaired) electrons. The normalized spacial score (nSPS) is 24.1. The number of hydrogen-bond acceptors (Lipinski definition) is 7. The van der Waals surface area contributed by atoms with Gasteiger partial charge in [0.1, 0.15) is 11.5 Å². The highest BCUT2D eigenvalue weighted by atomic mass is 35.5. The molecule has 0 aromatic heterocycles. The van der Waals surface area contributed by atoms with Gasteiger partial charge in [0.05, 0.1) is 36.3 Å². The van der Waals surface area contributed by atoms with Crippen molar-refractivity contribution in [3.05, 3.63) is 86.7 Å². The Kier molecular flexibility index (Phi) is 9.83. The van der Waals surface area contributed by atoms with Crippen LogP contribution in [0.2, 0.25) is 10.0 Å². The summed E-state index contributed by atoms with van der Waals surface area (Å²) >= 11 is 13.0. The number of Topliss-reactive ketones (excluding diaryl/α,β-unsaturated/α-hetero) is 1. The first-order valence-corrected chi connectivity index (χ1v) is 16.6. The number of ketones is 1. The van der Waals surface area contributed by atoms with Gasteiger partial charge in [0, 0.05) is 78.5 Å². The number of fused-ring (bicyclic) bond motifs is 1. The van der Waals surface area contributed by atoms with Gasteiger partial charge in [-0.05, 0) is 60.9 Å². The van der Waals surface area contributed by atoms with Crippen molar-refractivity contribution < 1.29 is 34.1 Å². The number of carbonyl (C=O) groups is 4. The maximum absolute atomic E-state index is 13.9. The second-order valence-corrected chi connectivity index (χ2v) is 13.5. The van der Waals surface area contributed by atoms with Crippen LogP contribution in [-0.2, 0) is 19.2 Å². The Bertz CT molecular complexity index is 1750. The van der Waals surface area contributed by atoms with Gasteiger partial charge in [-0.2, -0.15) is 0 Å². The SMILES string of the molecule is COc1cccc(C#CN2C=C(C(=O)O)C(c3c(Cl)cccc3Cl)C(C(=O)O)=C2CC(=O)N2CCN(C3CC4CC(=O)CC4C3)CC2)c1. The number of piperazine rings is 1. The average Bonchev–Trinajstić information content (AvgIpc) is 3.61. The Hall–Kier alpha value is -4.30. The van der Waals surface area contributed by atoms with E-state index in [4.69, 9.17) is 27.9 Å². The number of ether oxygens (including phenoxy) is 1. The highest BCUT2D eigenvalue weighted by Gasteiger charge is 2.44. The molecule has 2 aromatic carbocycles. The van der Waals surface area contributed by atoms with Crippen molar-refractivity contribution in [1.29, 1.82) is 0 Å². The molecular formula is C36H35Cl2N3O7. The number of amides is 1. The molecule has 2 N–H and O–H groups in total. The van der Waals surface area contributed by atoms with E-state index < -0.39 is 17.9 Å². The van der Waals surface area contributed by atoms with E-state index in [2.05, 4.69) is 16.9 Å². The molecule has 12 heteroatoms. The lowest BCUT2D eigenvalue weighted by Gasteiger charge is -2.39. The fourth-order valence-electron chi connectivity index (χ4n) is 7.60. The topological polar surface area (TPSA) is 128 Å². The molecule has 1 saturated heterocycles. The van der Waals surface area contributed by atoms with Crippen LogP contribution in [0.4, 0.5) is 0 Å². The number of rotatable bonds is 7. The molecule has 2 aliphatic heterocycles. The second-order valence-electron chi connectivity index (χ2n) is 12.6. The minimum absolute atomic E-state index is 0.0320. The summed E-state index contributed by atoms with van der Waals surface area (Å²) in [7, 11) is 1.52. The quantitative estimate of drug-likeness (QED) is 0.385. The van der Waals surface area contributed by atoms with E-state index in [0.29, 0.717) is 74.0 Å². The number of nitrogens with zero attached hydrogens (tertiary/aromatic N) is 3. The van der Waals surface area contributed by atoms with Crippen molar-refractivity contribution in [2.45, 2.75) is 44.1 Å². The molecule has 10 nitrogen and oxygen atoms in total. The Balaban J connectivity index is 1.32. The van der Waals surface area contributed by atoms with E-state index in [-0.39, 0.29) is 44.8 Å². The monoisotopic (exact) mass is 691 g/mol. The number of carboxylic acid groups (broad SMARTS) is 2. The van der Waals surface area contributed by atoms with E-state index in [9.17, 15) is 29.4 Å². The molecular weight excluding hydrogens is 657 g/mol. The maximum atomic E-state index is 13.9. The smallest absolute Gasteiger partial charge is 0.334 e. The molecule has 250 valence electrons. The molecule has 2 heterocycles. The maximum Gasteiger partial charge on any atom is 0.334 e. The van der Waals surface area contributed by atoms with Crippen molar-refractivity contribution in [3.8, 4) is 17.7 Å². The molecule has 2 aromatic rings. The Morgan fingerprint density at radius 1 is 0.938 bits per heavy atom. The summed E-state index contributed by atoms with van der Waals surface area (Å²) in [6.07, 6.45) is 4.27. The summed E-state index contributed by atoms with van der Waals surface area (Å²) < 4.78 is 5.28. The Morgan fingerprint density at radius 3 is 2.19 bits per heavy atom. The molecule has 3 fully saturated rings. The van der Waals surface area contributed by atoms with Crippen LogP contribution in [0.25, 0.3) is 0 Å². The summed E-state index contributed by atoms with van der Waals surface area (Å²) in [5.41, 5.74) is 0.0347. The number of benzene rings is 2. The molecule has 2 saturated carbocycles. The van der Waals surface area contributed by atoms with Crippen molar-refractivity contribution >= 4 is 46.8 Å². The summed E-state index contributed by atoms with van der Waals surface area (Å²) in [5, 5.41) is 21.2. The minimum Gasteiger partial charge on any atom is -0.497 e. The second kappa shape index (κ2) is 14.0. The van der Waals surface area contributed by atoms with Crippen LogP contribution in [0, 0.1) is 23.8 Å². The molecule has 0 spiro atoms. The zero-order chi connectivity index (χ0) is 34.1. The van der Waals surface area contributed by atoms with Crippen LogP contribution in [0.5, 0.6) is 5.75 Å². The Labute approximate surface area is 288 Å². The van der Waals surface area contributed by atoms with Gasteiger partial charge in [0.15, 0.2) is 0 Å². The highest BCUT2D eigenvalue weighted by Crippen LogP contribution is 2.46. The predicted octanol–water partition coefficient (Wildman–Crippen LogP) is 5.01. The van der Waals surface area contributed by atoms with Crippen LogP contribution in [-0.4, -0.2) is 87.9 Å². The van der Waals surface area contributed by atoms with Crippen LogP contribution < -0.4 is 4.74 Å². The van der Waals surface area contributed by atoms with E-state index >= 15 is 0 Å². The van der Waals surface area contributed by atoms with Crippen molar-refractivity contribution in [1.82, 2.24) is 14.7 Å². The fourth-order valence-corrected chi connectivity index (χ4v) is 8.21. The lowest BCUT2D eigenvalue weighted by atomic mass is 9.80. The zero-order valence-corrected chi connectivity index (χ0v) is 27.8. The van der Waals surface area contributed by atoms with Crippen LogP contribution >= 0.6 is 23.2 Å². The average molecular weight is 693 g/mol. The molecule has 4 aliphatic rings. The number of methoxy groups -OCH3 is 1. The van der Waals surface area contributed by atoms with Gasteiger partial charge < -0.3 is 19.8 Å². The number of carboxylic acids is 2. The van der Waals surface area contributed by atoms with Crippen LogP contribution in [0.3, 0.4) is 0 Å². The molecule has 3 atom stereocenters. The first-order chi connectivity index (χ1) is 23.0. The first-order valence-electron chi connectivity index (χ1n) is 15.9. The van der Waals surface area contributed by atoms with Gasteiger partial charge in [-0.3, -0.25) is 19.4 Å². The zero-order valence-electron chi connectivity index (χ0n) is 26.3. The predicted molar refractivity (Wildman–Crippen MR) is 178 cm³/mol. The third-order valence-corrected chi connectivity index (χ3v) is 10.6. The molecule has 6 rings (SSSR count). The Morgan fingerprint density at radius 2 is 1.58 bits per heavy atom. The van der Waals surface area contributed by atoms with E-state index in [1.165, 1.54) is 30.3 Å². The van der Waals surface area contributed by atoms with Gasteiger partial charge in [-0.1, -0.05) is 35.3 Å². The summed E-state index contributed by atoms with van der Waals surface area (Å²) in [4.78, 5) is 56.9. The fraction of sp³-hybridized carbons (Fsp3) is 0.389. The van der Waals surface area contributed by atoms with E-state index in [0.717, 1.165) is 12.8 Å². The molecule has 48 heavy (non-hydrogen) atoms. The lowest BCUT2D eigenvalue weighted by molar-refractivity contribution is -0.133. The van der Waals surface area contributed by atoms with Gasteiger partial charge in [-0.15, -0.1) is 0 Å². The number of halogens is 2. The molecule has 3 unspecified atom stereocenters. The summed E-state index contributed by atoms with van der Waals surface area (Å²) in [6.45, 7) is 2.28. The van der Waals surface area contributed by atoms with E-state index in [1.807, 2.05) is 0 Å². The van der Waals surface area contributed by atoms with E-state index in [1.54, 1.807) is 35.2 Å². The standard InChI is InChI=1S/C36H35Cl2N3O7/c1-48-26-5-2-4-21(14-26)8-9-41-20-27(35(44)45)32(33-28(37)6-3-7-29(33)38)34(36(46)47)30(41)19-31(43)40-12-10-39(11-13-40)24-15-22-17-25(42)18-23(22)16-24/h2-7,14,20,22-24,32H,10-13,15-19H2,1H3,(H,44,45)(H,46,47). The first kappa shape index (κ1) is 33.6. The third kappa shape index (κ3) is 6.81. The van der Waals surface area contributed by atoms with Crippen molar-refractivity contribution in [3.63, 3.8) is 0 Å². The van der Waals surface area contributed by atoms with Crippen LogP contribution in [0.15, 0.2) is 65.5 Å². The molecule has 0 bridgehead atoms. The lowest BCUT2D eigenvalue weighted by Crippen LogP contribution is -2.51. The van der Waals surface area contributed by atoms with Crippen molar-refractivity contribution in [2.24, 2.45) is 11.8 Å². The number of carbonyl (C=O) groups excluding carboxylic acids is 2. The van der Waals surface area contributed by atoms with Gasteiger partial charge in [0.25, 0.3) is 0 Å². The van der Waals surface area contributed by atoms with Gasteiger partial charge in [0.2, 0.25) is 5.91 Å². The highest BCUT2D eigenvalue weighted by molar-refractivity contribution is 6.36. The minimum atomic E-state index is -1.42. The molecule has 1 amide bonds. The van der Waals surface area contributed by atoms with Gasteiger partial charge >= 0.3 is 11.9 Å². The van der Waals surface area contributed by atoms with Gasteiger partial charge in [-0.25, -0.2) is 9.59 Å². The molecule has 2 aliphatic carbocycles. The summed E-state index contributed by atoms with van der Waals surface area (Å²) in [6, 6.07) is 14.8. The third-order valence-electron chi connectivity index (χ3n) is 9.92. The largest absolute Gasteiger partial charge is 0.497 e.